The Morgan fingerprint density at radius 1 is 0.909 bits per heavy atom. The molecule has 172 valence electrons. The normalized spacial score (nSPS) is 11.2. The zero-order valence-electron chi connectivity index (χ0n) is 18.5. The molecule has 7 nitrogen and oxygen atoms in total. The number of carbonyl (C=O) groups is 2. The molecule has 0 saturated carbocycles. The first-order valence-corrected chi connectivity index (χ1v) is 11.9. The van der Waals surface area contributed by atoms with Crippen LogP contribution in [0.4, 0.5) is 5.69 Å². The predicted octanol–water partition coefficient (Wildman–Crippen LogP) is 4.72. The van der Waals surface area contributed by atoms with Gasteiger partial charge in [-0.05, 0) is 49.7 Å². The Morgan fingerprint density at radius 2 is 1.55 bits per heavy atom. The molecule has 8 heteroatoms. The summed E-state index contributed by atoms with van der Waals surface area (Å²) in [6, 6.07) is 22.2. The van der Waals surface area contributed by atoms with Crippen molar-refractivity contribution in [3.8, 4) is 11.5 Å². The second-order valence-corrected chi connectivity index (χ2v) is 9.52. The topological polar surface area (TPSA) is 92.8 Å². The third-order valence-electron chi connectivity index (χ3n) is 4.98. The molecule has 3 aromatic rings. The Hall–Kier alpha value is -3.49. The molecule has 3 aromatic carbocycles. The van der Waals surface area contributed by atoms with E-state index in [-0.39, 0.29) is 29.6 Å². The molecular weight excluding hydrogens is 440 g/mol. The fraction of sp³-hybridized carbons (Fsp3) is 0.200. The molecule has 0 atom stereocenters. The molecule has 3 rings (SSSR count). The average Bonchev–Trinajstić information content (AvgIpc) is 2.81. The Morgan fingerprint density at radius 3 is 2.21 bits per heavy atom. The summed E-state index contributed by atoms with van der Waals surface area (Å²) in [4.78, 5) is 23.9. The van der Waals surface area contributed by atoms with Crippen LogP contribution in [-0.2, 0) is 14.8 Å². The summed E-state index contributed by atoms with van der Waals surface area (Å²) in [6.45, 7) is 1.60. The highest BCUT2D eigenvalue weighted by atomic mass is 32.2. The first kappa shape index (κ1) is 24.2. The molecule has 0 bridgehead atoms. The number of benzene rings is 3. The summed E-state index contributed by atoms with van der Waals surface area (Å²) in [5, 5.41) is 2.83. The standard InChI is InChI=1S/C25H26N2O5S/c1-19(28)20-14-16-22(17-15-20)33(30,31)27(2)18-8-13-25(29)26-23-11-6-7-12-24(23)32-21-9-4-3-5-10-21/h3-7,9-12,14-17H,8,13,18H2,1-2H3,(H,26,29). The van der Waals surface area contributed by atoms with E-state index in [0.29, 0.717) is 29.2 Å². The fourth-order valence-corrected chi connectivity index (χ4v) is 4.32. The van der Waals surface area contributed by atoms with Gasteiger partial charge in [-0.2, -0.15) is 0 Å². The number of hydrogen-bond acceptors (Lipinski definition) is 5. The summed E-state index contributed by atoms with van der Waals surface area (Å²) in [5.74, 6) is 0.804. The van der Waals surface area contributed by atoms with Crippen LogP contribution in [0.2, 0.25) is 0 Å². The minimum Gasteiger partial charge on any atom is -0.455 e. The molecule has 33 heavy (non-hydrogen) atoms. The van der Waals surface area contributed by atoms with Crippen LogP contribution in [0.1, 0.15) is 30.1 Å². The fourth-order valence-electron chi connectivity index (χ4n) is 3.11. The molecule has 0 radical (unpaired) electrons. The predicted molar refractivity (Wildman–Crippen MR) is 127 cm³/mol. The van der Waals surface area contributed by atoms with Crippen LogP contribution in [0, 0.1) is 0 Å². The van der Waals surface area contributed by atoms with Gasteiger partial charge in [0, 0.05) is 25.6 Å². The van der Waals surface area contributed by atoms with E-state index in [2.05, 4.69) is 5.32 Å². The van der Waals surface area contributed by atoms with Crippen LogP contribution < -0.4 is 10.1 Å². The van der Waals surface area contributed by atoms with E-state index in [4.69, 9.17) is 4.74 Å². The SMILES string of the molecule is CC(=O)c1ccc(S(=O)(=O)N(C)CCCC(=O)Nc2ccccc2Oc2ccccc2)cc1. The van der Waals surface area contributed by atoms with Gasteiger partial charge in [-0.3, -0.25) is 9.59 Å². The first-order valence-electron chi connectivity index (χ1n) is 10.5. The van der Waals surface area contributed by atoms with Crippen molar-refractivity contribution in [1.29, 1.82) is 0 Å². The largest absolute Gasteiger partial charge is 0.455 e. The second-order valence-electron chi connectivity index (χ2n) is 7.47. The molecule has 0 spiro atoms. The zero-order chi connectivity index (χ0) is 23.8. The van der Waals surface area contributed by atoms with Crippen LogP contribution in [0.25, 0.3) is 0 Å². The number of hydrogen-bond donors (Lipinski definition) is 1. The summed E-state index contributed by atoms with van der Waals surface area (Å²) >= 11 is 0. The lowest BCUT2D eigenvalue weighted by Gasteiger charge is -2.17. The van der Waals surface area contributed by atoms with Gasteiger partial charge in [0.1, 0.15) is 5.75 Å². The van der Waals surface area contributed by atoms with Crippen molar-refractivity contribution < 1.29 is 22.7 Å². The molecule has 0 saturated heterocycles. The van der Waals surface area contributed by atoms with Crippen molar-refractivity contribution in [3.63, 3.8) is 0 Å². The Balaban J connectivity index is 1.55. The van der Waals surface area contributed by atoms with Gasteiger partial charge in [0.05, 0.1) is 10.6 Å². The number of carbonyl (C=O) groups excluding carboxylic acids is 2. The van der Waals surface area contributed by atoms with Gasteiger partial charge in [0.25, 0.3) is 0 Å². The van der Waals surface area contributed by atoms with Crippen LogP contribution in [0.3, 0.4) is 0 Å². The van der Waals surface area contributed by atoms with Crippen molar-refractivity contribution >= 4 is 27.4 Å². The van der Waals surface area contributed by atoms with Crippen molar-refractivity contribution in [2.45, 2.75) is 24.7 Å². The van der Waals surface area contributed by atoms with E-state index in [0.717, 1.165) is 0 Å². The lowest BCUT2D eigenvalue weighted by Crippen LogP contribution is -2.28. The number of anilines is 1. The molecule has 0 aliphatic heterocycles. The molecule has 0 aliphatic rings. The van der Waals surface area contributed by atoms with Crippen LogP contribution >= 0.6 is 0 Å². The molecule has 0 aliphatic carbocycles. The van der Waals surface area contributed by atoms with Crippen LogP contribution in [0.15, 0.2) is 83.8 Å². The van der Waals surface area contributed by atoms with Gasteiger partial charge in [-0.25, -0.2) is 12.7 Å². The quantitative estimate of drug-likeness (QED) is 0.437. The number of rotatable bonds is 10. The van der Waals surface area contributed by atoms with Crippen LogP contribution in [-0.4, -0.2) is 38.0 Å². The maximum absolute atomic E-state index is 12.7. The molecule has 0 fully saturated rings. The van der Waals surface area contributed by atoms with Crippen molar-refractivity contribution in [3.05, 3.63) is 84.4 Å². The molecular formula is C25H26N2O5S. The third kappa shape index (κ3) is 6.50. The highest BCUT2D eigenvalue weighted by Gasteiger charge is 2.21. The van der Waals surface area contributed by atoms with Gasteiger partial charge in [-0.15, -0.1) is 0 Å². The number of nitrogens with one attached hydrogen (secondary N) is 1. The molecule has 1 amide bonds. The first-order chi connectivity index (χ1) is 15.8. The highest BCUT2D eigenvalue weighted by molar-refractivity contribution is 7.89. The zero-order valence-corrected chi connectivity index (χ0v) is 19.3. The lowest BCUT2D eigenvalue weighted by atomic mass is 10.2. The van der Waals surface area contributed by atoms with E-state index >= 15 is 0 Å². The smallest absolute Gasteiger partial charge is 0.242 e. The number of ketones is 1. The number of nitrogens with zero attached hydrogens (tertiary/aromatic N) is 1. The highest BCUT2D eigenvalue weighted by Crippen LogP contribution is 2.29. The minimum absolute atomic E-state index is 0.103. The number of sulfonamides is 1. The summed E-state index contributed by atoms with van der Waals surface area (Å²) in [5.41, 5.74) is 0.989. The maximum Gasteiger partial charge on any atom is 0.242 e. The number of para-hydroxylation sites is 3. The average molecular weight is 467 g/mol. The Labute approximate surface area is 194 Å². The number of ether oxygens (including phenoxy) is 1. The summed E-state index contributed by atoms with van der Waals surface area (Å²) in [7, 11) is -2.24. The van der Waals surface area contributed by atoms with Gasteiger partial charge in [0.2, 0.25) is 15.9 Å². The van der Waals surface area contributed by atoms with E-state index in [9.17, 15) is 18.0 Å². The molecule has 0 heterocycles. The van der Waals surface area contributed by atoms with E-state index in [1.54, 1.807) is 18.2 Å². The lowest BCUT2D eigenvalue weighted by molar-refractivity contribution is -0.116. The molecule has 0 aromatic heterocycles. The van der Waals surface area contributed by atoms with Crippen molar-refractivity contribution in [1.82, 2.24) is 4.31 Å². The Kier molecular flexibility index (Phi) is 7.97. The van der Waals surface area contributed by atoms with Crippen molar-refractivity contribution in [2.75, 3.05) is 18.9 Å². The Bertz CT molecular complexity index is 1210. The summed E-state index contributed by atoms with van der Waals surface area (Å²) < 4.78 is 32.5. The van der Waals surface area contributed by atoms with Crippen LogP contribution in [0.5, 0.6) is 11.5 Å². The van der Waals surface area contributed by atoms with Gasteiger partial charge >= 0.3 is 0 Å². The maximum atomic E-state index is 12.7. The number of Topliss-reactive ketones (excluding diaryl/α,β-unsaturated/α-hetero) is 1. The van der Waals surface area contributed by atoms with E-state index in [1.165, 1.54) is 42.5 Å². The molecule has 0 unspecified atom stereocenters. The van der Waals surface area contributed by atoms with E-state index in [1.807, 2.05) is 36.4 Å². The second kappa shape index (κ2) is 10.9. The monoisotopic (exact) mass is 466 g/mol. The van der Waals surface area contributed by atoms with Gasteiger partial charge < -0.3 is 10.1 Å². The summed E-state index contributed by atoms with van der Waals surface area (Å²) in [6.07, 6.45) is 0.484. The van der Waals surface area contributed by atoms with Crippen molar-refractivity contribution in [2.24, 2.45) is 0 Å². The van der Waals surface area contributed by atoms with Gasteiger partial charge in [0.15, 0.2) is 11.5 Å². The van der Waals surface area contributed by atoms with Gasteiger partial charge in [-0.1, -0.05) is 42.5 Å². The minimum atomic E-state index is -3.71. The third-order valence-corrected chi connectivity index (χ3v) is 6.85. The number of amides is 1. The molecule has 1 N–H and O–H groups in total. The van der Waals surface area contributed by atoms with E-state index < -0.39 is 10.0 Å².